The van der Waals surface area contributed by atoms with Crippen molar-refractivity contribution in [3.63, 3.8) is 0 Å². The Balaban J connectivity index is 1.45. The van der Waals surface area contributed by atoms with Crippen molar-refractivity contribution in [2.75, 3.05) is 18.4 Å². The van der Waals surface area contributed by atoms with Gasteiger partial charge in [0.25, 0.3) is 0 Å². The van der Waals surface area contributed by atoms with E-state index in [-0.39, 0.29) is 17.7 Å². The summed E-state index contributed by atoms with van der Waals surface area (Å²) in [5.74, 6) is 0.0289. The quantitative estimate of drug-likeness (QED) is 0.713. The van der Waals surface area contributed by atoms with Crippen LogP contribution in [0.25, 0.3) is 11.3 Å². The van der Waals surface area contributed by atoms with Crippen LogP contribution < -0.4 is 10.6 Å². The van der Waals surface area contributed by atoms with E-state index in [0.717, 1.165) is 29.8 Å². The number of aryl methyl sites for hydroxylation is 2. The van der Waals surface area contributed by atoms with E-state index in [2.05, 4.69) is 51.9 Å². The summed E-state index contributed by atoms with van der Waals surface area (Å²) in [6, 6.07) is 8.41. The maximum absolute atomic E-state index is 12.8. The molecule has 2 aromatic heterocycles. The zero-order valence-corrected chi connectivity index (χ0v) is 16.3. The van der Waals surface area contributed by atoms with Crippen LogP contribution in [-0.2, 0) is 18.3 Å². The Hall–Kier alpha value is -2.51. The number of aromatic nitrogens is 3. The zero-order chi connectivity index (χ0) is 18.8. The Morgan fingerprint density at radius 1 is 1.33 bits per heavy atom. The Morgan fingerprint density at radius 2 is 2.15 bits per heavy atom. The number of anilines is 1. The maximum Gasteiger partial charge on any atom is 0.231 e. The van der Waals surface area contributed by atoms with Crippen molar-refractivity contribution in [2.45, 2.75) is 19.3 Å². The van der Waals surface area contributed by atoms with Gasteiger partial charge in [0.15, 0.2) is 5.13 Å². The topological polar surface area (TPSA) is 71.8 Å². The number of thiazole rings is 1. The van der Waals surface area contributed by atoms with Crippen molar-refractivity contribution < 1.29 is 4.79 Å². The van der Waals surface area contributed by atoms with E-state index in [9.17, 15) is 4.79 Å². The number of carbonyl (C=O) groups excluding carboxylic acids is 1. The molecule has 1 amide bonds. The molecule has 140 valence electrons. The van der Waals surface area contributed by atoms with Crippen molar-refractivity contribution in [1.82, 2.24) is 20.1 Å². The van der Waals surface area contributed by atoms with E-state index in [1.165, 1.54) is 16.9 Å². The van der Waals surface area contributed by atoms with Crippen LogP contribution in [0.5, 0.6) is 0 Å². The second-order valence-electron chi connectivity index (χ2n) is 6.90. The van der Waals surface area contributed by atoms with Crippen LogP contribution in [0.15, 0.2) is 42.0 Å². The van der Waals surface area contributed by atoms with E-state index in [4.69, 9.17) is 0 Å². The molecule has 0 aliphatic carbocycles. The summed E-state index contributed by atoms with van der Waals surface area (Å²) in [6.45, 7) is 3.60. The van der Waals surface area contributed by atoms with Crippen molar-refractivity contribution in [3.05, 3.63) is 53.2 Å². The van der Waals surface area contributed by atoms with Gasteiger partial charge in [0.1, 0.15) is 0 Å². The molecule has 1 aliphatic rings. The second kappa shape index (κ2) is 7.62. The summed E-state index contributed by atoms with van der Waals surface area (Å²) in [5.41, 5.74) is 4.36. The zero-order valence-electron chi connectivity index (χ0n) is 15.5. The first kappa shape index (κ1) is 17.9. The van der Waals surface area contributed by atoms with Gasteiger partial charge >= 0.3 is 0 Å². The van der Waals surface area contributed by atoms with E-state index < -0.39 is 0 Å². The molecule has 27 heavy (non-hydrogen) atoms. The van der Waals surface area contributed by atoms with Crippen LogP contribution in [0.4, 0.5) is 5.13 Å². The first-order chi connectivity index (χ1) is 13.1. The van der Waals surface area contributed by atoms with E-state index in [1.807, 2.05) is 24.8 Å². The fourth-order valence-corrected chi connectivity index (χ4v) is 4.23. The van der Waals surface area contributed by atoms with Crippen LogP contribution in [0.1, 0.15) is 24.0 Å². The van der Waals surface area contributed by atoms with Crippen LogP contribution in [0, 0.1) is 5.92 Å². The molecule has 1 fully saturated rings. The molecule has 1 saturated heterocycles. The Kier molecular flexibility index (Phi) is 5.05. The molecular weight excluding hydrogens is 358 g/mol. The van der Waals surface area contributed by atoms with Gasteiger partial charge in [-0.05, 0) is 17.5 Å². The third-order valence-corrected chi connectivity index (χ3v) is 5.85. The van der Waals surface area contributed by atoms with Gasteiger partial charge < -0.3 is 10.6 Å². The smallest absolute Gasteiger partial charge is 0.231 e. The minimum Gasteiger partial charge on any atom is -0.315 e. The third-order valence-electron chi connectivity index (χ3n) is 5.10. The van der Waals surface area contributed by atoms with Gasteiger partial charge in [0, 0.05) is 43.2 Å². The Labute approximate surface area is 162 Å². The minimum absolute atomic E-state index is 0.0103. The molecule has 3 aromatic rings. The van der Waals surface area contributed by atoms with E-state index >= 15 is 0 Å². The molecular formula is C20H23N5OS. The summed E-state index contributed by atoms with van der Waals surface area (Å²) in [4.78, 5) is 17.4. The van der Waals surface area contributed by atoms with Crippen LogP contribution in [0.3, 0.4) is 0 Å². The molecule has 1 aromatic carbocycles. The molecule has 1 aliphatic heterocycles. The molecule has 0 spiro atoms. The predicted octanol–water partition coefficient (Wildman–Crippen LogP) is 3.05. The molecule has 2 N–H and O–H groups in total. The second-order valence-corrected chi connectivity index (χ2v) is 7.75. The van der Waals surface area contributed by atoms with Gasteiger partial charge in [-0.3, -0.25) is 9.48 Å². The normalized spacial score (nSPS) is 19.3. The van der Waals surface area contributed by atoms with E-state index in [1.54, 1.807) is 4.68 Å². The summed E-state index contributed by atoms with van der Waals surface area (Å²) in [7, 11) is 1.89. The lowest BCUT2D eigenvalue weighted by molar-refractivity contribution is -0.119. The van der Waals surface area contributed by atoms with Crippen molar-refractivity contribution in [3.8, 4) is 11.3 Å². The number of hydrogen-bond donors (Lipinski definition) is 2. The molecule has 4 rings (SSSR count). The number of amides is 1. The van der Waals surface area contributed by atoms with Gasteiger partial charge in [-0.15, -0.1) is 11.3 Å². The molecule has 6 nitrogen and oxygen atoms in total. The third kappa shape index (κ3) is 3.79. The van der Waals surface area contributed by atoms with Crippen molar-refractivity contribution in [1.29, 1.82) is 0 Å². The SMILES string of the molecule is CCc1ccc(-c2csc(NC(=O)[C@H]3CNC[C@@H]3c3cnn(C)c3)n2)cc1. The van der Waals surface area contributed by atoms with Gasteiger partial charge in [-0.2, -0.15) is 5.10 Å². The number of carbonyl (C=O) groups is 1. The highest BCUT2D eigenvalue weighted by Gasteiger charge is 2.35. The fourth-order valence-electron chi connectivity index (χ4n) is 3.51. The van der Waals surface area contributed by atoms with Crippen molar-refractivity contribution in [2.24, 2.45) is 13.0 Å². The Morgan fingerprint density at radius 3 is 2.85 bits per heavy atom. The van der Waals surface area contributed by atoms with Gasteiger partial charge in [-0.1, -0.05) is 31.2 Å². The van der Waals surface area contributed by atoms with Crippen LogP contribution in [-0.4, -0.2) is 33.8 Å². The number of hydrogen-bond acceptors (Lipinski definition) is 5. The first-order valence-electron chi connectivity index (χ1n) is 9.19. The fraction of sp³-hybridized carbons (Fsp3) is 0.350. The number of rotatable bonds is 5. The molecule has 0 unspecified atom stereocenters. The van der Waals surface area contributed by atoms with Crippen LogP contribution >= 0.6 is 11.3 Å². The largest absolute Gasteiger partial charge is 0.315 e. The maximum atomic E-state index is 12.8. The number of benzene rings is 1. The average Bonchev–Trinajstić information content (AvgIpc) is 3.42. The molecule has 0 radical (unpaired) electrons. The summed E-state index contributed by atoms with van der Waals surface area (Å²) >= 11 is 1.46. The lowest BCUT2D eigenvalue weighted by Crippen LogP contribution is -2.28. The molecule has 0 bridgehead atoms. The van der Waals surface area contributed by atoms with Gasteiger partial charge in [-0.25, -0.2) is 4.98 Å². The summed E-state index contributed by atoms with van der Waals surface area (Å²) in [5, 5.41) is 13.2. The van der Waals surface area contributed by atoms with Gasteiger partial charge in [0.2, 0.25) is 5.91 Å². The highest BCUT2D eigenvalue weighted by atomic mass is 32.1. The van der Waals surface area contributed by atoms with Crippen molar-refractivity contribution >= 4 is 22.4 Å². The number of nitrogens with one attached hydrogen (secondary N) is 2. The van der Waals surface area contributed by atoms with Crippen LogP contribution in [0.2, 0.25) is 0 Å². The summed E-state index contributed by atoms with van der Waals surface area (Å²) in [6.07, 6.45) is 4.85. The molecule has 7 heteroatoms. The minimum atomic E-state index is -0.120. The highest BCUT2D eigenvalue weighted by molar-refractivity contribution is 7.14. The van der Waals surface area contributed by atoms with Gasteiger partial charge in [0.05, 0.1) is 17.8 Å². The molecule has 0 saturated carbocycles. The highest BCUT2D eigenvalue weighted by Crippen LogP contribution is 2.30. The first-order valence-corrected chi connectivity index (χ1v) is 10.1. The lowest BCUT2D eigenvalue weighted by Gasteiger charge is -2.15. The Bertz CT molecular complexity index is 930. The standard InChI is InChI=1S/C20H23N5OS/c1-3-13-4-6-14(7-5-13)18-12-27-20(23-18)24-19(26)17-10-21-9-16(17)15-8-22-25(2)11-15/h4-8,11-12,16-17,21H,3,9-10H2,1-2H3,(H,23,24,26)/t16-,17+/m1/s1. The molecule has 2 atom stereocenters. The summed E-state index contributed by atoms with van der Waals surface area (Å²) < 4.78 is 1.78. The lowest BCUT2D eigenvalue weighted by atomic mass is 9.90. The predicted molar refractivity (Wildman–Crippen MR) is 108 cm³/mol. The number of nitrogens with zero attached hydrogens (tertiary/aromatic N) is 3. The average molecular weight is 382 g/mol. The monoisotopic (exact) mass is 381 g/mol. The molecule has 3 heterocycles. The van der Waals surface area contributed by atoms with E-state index in [0.29, 0.717) is 11.7 Å².